The molecule has 0 bridgehead atoms. The molecule has 1 saturated carbocycles. The third kappa shape index (κ3) is 3.12. The molecule has 0 spiro atoms. The molecule has 0 heterocycles. The number of ether oxygens (including phenoxy) is 1. The van der Waals surface area contributed by atoms with Gasteiger partial charge in [0.1, 0.15) is 5.75 Å². The van der Waals surface area contributed by atoms with Crippen LogP contribution in [0.5, 0.6) is 5.75 Å². The van der Waals surface area contributed by atoms with Crippen molar-refractivity contribution in [1.29, 1.82) is 0 Å². The Balaban J connectivity index is 1.84. The molecule has 1 amide bonds. The third-order valence-electron chi connectivity index (χ3n) is 4.40. The van der Waals surface area contributed by atoms with E-state index in [-0.39, 0.29) is 11.8 Å². The first-order chi connectivity index (χ1) is 9.56. The average molecular weight is 276 g/mol. The summed E-state index contributed by atoms with van der Waals surface area (Å²) in [6, 6.07) is 8.11. The first-order valence-electron chi connectivity index (χ1n) is 7.37. The maximum Gasteiger partial charge on any atom is 0.237 e. The molecule has 1 fully saturated rings. The fraction of sp³-hybridized carbons (Fsp3) is 0.562. The Kier molecular flexibility index (Phi) is 4.65. The van der Waals surface area contributed by atoms with Gasteiger partial charge in [0, 0.05) is 0 Å². The molecule has 4 N–H and O–H groups in total. The van der Waals surface area contributed by atoms with Gasteiger partial charge < -0.3 is 16.2 Å². The molecule has 1 aliphatic rings. The second kappa shape index (κ2) is 6.27. The van der Waals surface area contributed by atoms with Gasteiger partial charge >= 0.3 is 0 Å². The topological polar surface area (TPSA) is 78.3 Å². The lowest BCUT2D eigenvalue weighted by atomic mass is 9.85. The Morgan fingerprint density at radius 3 is 2.70 bits per heavy atom. The third-order valence-corrected chi connectivity index (χ3v) is 4.40. The van der Waals surface area contributed by atoms with Crippen LogP contribution in [0.15, 0.2) is 24.3 Å². The van der Waals surface area contributed by atoms with Gasteiger partial charge in [-0.25, -0.2) is 0 Å². The second-order valence-electron chi connectivity index (χ2n) is 5.63. The van der Waals surface area contributed by atoms with Gasteiger partial charge in [0.2, 0.25) is 5.91 Å². The number of nitrogens with two attached hydrogens (primary N) is 2. The Bertz CT molecular complexity index is 458. The molecule has 0 radical (unpaired) electrons. The van der Waals surface area contributed by atoms with Gasteiger partial charge in [-0.15, -0.1) is 0 Å². The van der Waals surface area contributed by atoms with Crippen LogP contribution in [0.1, 0.15) is 38.2 Å². The molecule has 2 rings (SSSR count). The quantitative estimate of drug-likeness (QED) is 0.834. The summed E-state index contributed by atoms with van der Waals surface area (Å²) in [5.74, 6) is 0.615. The zero-order valence-corrected chi connectivity index (χ0v) is 12.1. The number of carbonyl (C=O) groups is 1. The minimum Gasteiger partial charge on any atom is -0.494 e. The van der Waals surface area contributed by atoms with Crippen molar-refractivity contribution in [1.82, 2.24) is 0 Å². The van der Waals surface area contributed by atoms with Crippen LogP contribution in [0, 0.1) is 5.92 Å². The number of primary amides is 1. The Labute approximate surface area is 120 Å². The lowest BCUT2D eigenvalue weighted by molar-refractivity contribution is -0.124. The van der Waals surface area contributed by atoms with Gasteiger partial charge in [-0.3, -0.25) is 4.79 Å². The van der Waals surface area contributed by atoms with Crippen LogP contribution >= 0.6 is 0 Å². The van der Waals surface area contributed by atoms with E-state index < -0.39 is 5.54 Å². The number of hydrogen-bond donors (Lipinski definition) is 2. The molecule has 4 heteroatoms. The highest BCUT2D eigenvalue weighted by atomic mass is 16.5. The van der Waals surface area contributed by atoms with Gasteiger partial charge in [0.15, 0.2) is 0 Å². The van der Waals surface area contributed by atoms with E-state index in [4.69, 9.17) is 16.2 Å². The van der Waals surface area contributed by atoms with Gasteiger partial charge in [-0.2, -0.15) is 0 Å². The number of aryl methyl sites for hydroxylation is 1. The number of carbonyl (C=O) groups excluding carboxylic acids is 1. The largest absolute Gasteiger partial charge is 0.494 e. The van der Waals surface area contributed by atoms with E-state index in [1.807, 2.05) is 12.1 Å². The van der Waals surface area contributed by atoms with E-state index in [9.17, 15) is 4.79 Å². The van der Waals surface area contributed by atoms with E-state index in [1.54, 1.807) is 0 Å². The number of rotatable bonds is 6. The molecule has 110 valence electrons. The smallest absolute Gasteiger partial charge is 0.237 e. The maximum atomic E-state index is 11.5. The Hall–Kier alpha value is -1.55. The summed E-state index contributed by atoms with van der Waals surface area (Å²) < 4.78 is 5.73. The Morgan fingerprint density at radius 1 is 1.40 bits per heavy atom. The molecule has 20 heavy (non-hydrogen) atoms. The molecule has 1 aliphatic carbocycles. The van der Waals surface area contributed by atoms with E-state index in [1.165, 1.54) is 5.56 Å². The molecule has 1 aromatic carbocycles. The van der Waals surface area contributed by atoms with Crippen molar-refractivity contribution >= 4 is 5.91 Å². The van der Waals surface area contributed by atoms with E-state index in [0.29, 0.717) is 13.0 Å². The van der Waals surface area contributed by atoms with Crippen molar-refractivity contribution in [3.63, 3.8) is 0 Å². The normalized spacial score (nSPS) is 25.6. The predicted molar refractivity (Wildman–Crippen MR) is 79.4 cm³/mol. The summed E-state index contributed by atoms with van der Waals surface area (Å²) in [5.41, 5.74) is 12.0. The van der Waals surface area contributed by atoms with Crippen molar-refractivity contribution in [3.8, 4) is 5.75 Å². The average Bonchev–Trinajstić information content (AvgIpc) is 2.82. The summed E-state index contributed by atoms with van der Waals surface area (Å²) in [6.45, 7) is 2.70. The minimum atomic E-state index is -0.838. The lowest BCUT2D eigenvalue weighted by Crippen LogP contribution is -2.54. The molecule has 0 saturated heterocycles. The van der Waals surface area contributed by atoms with E-state index in [2.05, 4.69) is 19.1 Å². The number of hydrogen-bond acceptors (Lipinski definition) is 3. The zero-order valence-electron chi connectivity index (χ0n) is 12.1. The molecule has 2 atom stereocenters. The van der Waals surface area contributed by atoms with Gasteiger partial charge in [0.05, 0.1) is 12.1 Å². The molecular weight excluding hydrogens is 252 g/mol. The highest BCUT2D eigenvalue weighted by Crippen LogP contribution is 2.35. The monoisotopic (exact) mass is 276 g/mol. The predicted octanol–water partition coefficient (Wildman–Crippen LogP) is 2.00. The molecule has 0 aromatic heterocycles. The summed E-state index contributed by atoms with van der Waals surface area (Å²) in [4.78, 5) is 11.5. The maximum absolute atomic E-state index is 11.5. The highest BCUT2D eigenvalue weighted by Gasteiger charge is 2.43. The standard InChI is InChI=1S/C16H24N2O2/c1-2-12-5-7-14(8-6-12)20-11-9-13-4-3-10-16(13,18)15(17)19/h5-8,13H,2-4,9-11,18H2,1H3,(H2,17,19). The van der Waals surface area contributed by atoms with Gasteiger partial charge in [-0.1, -0.05) is 25.5 Å². The summed E-state index contributed by atoms with van der Waals surface area (Å²) in [5, 5.41) is 0. The fourth-order valence-corrected chi connectivity index (χ4v) is 2.97. The van der Waals surface area contributed by atoms with Crippen LogP contribution in [-0.2, 0) is 11.2 Å². The summed E-state index contributed by atoms with van der Waals surface area (Å²) >= 11 is 0. The van der Waals surface area contributed by atoms with E-state index in [0.717, 1.165) is 31.4 Å². The first-order valence-corrected chi connectivity index (χ1v) is 7.37. The van der Waals surface area contributed by atoms with Gasteiger partial charge in [-0.05, 0) is 49.3 Å². The zero-order chi connectivity index (χ0) is 14.6. The molecule has 0 aliphatic heterocycles. The molecular formula is C16H24N2O2. The summed E-state index contributed by atoms with van der Waals surface area (Å²) in [6.07, 6.45) is 4.41. The van der Waals surface area contributed by atoms with Crippen molar-refractivity contribution in [2.24, 2.45) is 17.4 Å². The molecule has 1 aromatic rings. The van der Waals surface area contributed by atoms with E-state index >= 15 is 0 Å². The Morgan fingerprint density at radius 2 is 2.10 bits per heavy atom. The molecule has 2 unspecified atom stereocenters. The van der Waals surface area contributed by atoms with Crippen LogP contribution in [0.2, 0.25) is 0 Å². The number of benzene rings is 1. The van der Waals surface area contributed by atoms with Crippen molar-refractivity contribution < 1.29 is 9.53 Å². The van der Waals surface area contributed by atoms with Gasteiger partial charge in [0.25, 0.3) is 0 Å². The van der Waals surface area contributed by atoms with Crippen molar-refractivity contribution in [3.05, 3.63) is 29.8 Å². The van der Waals surface area contributed by atoms with Crippen molar-refractivity contribution in [2.45, 2.75) is 44.6 Å². The van der Waals surface area contributed by atoms with Crippen molar-refractivity contribution in [2.75, 3.05) is 6.61 Å². The van der Waals surface area contributed by atoms with Crippen LogP contribution in [0.3, 0.4) is 0 Å². The van der Waals surface area contributed by atoms with Crippen LogP contribution in [0.25, 0.3) is 0 Å². The highest BCUT2D eigenvalue weighted by molar-refractivity contribution is 5.85. The lowest BCUT2D eigenvalue weighted by Gasteiger charge is -2.27. The SMILES string of the molecule is CCc1ccc(OCCC2CCCC2(N)C(N)=O)cc1. The van der Waals surface area contributed by atoms with Crippen LogP contribution < -0.4 is 16.2 Å². The van der Waals surface area contributed by atoms with Crippen LogP contribution in [0.4, 0.5) is 0 Å². The number of amides is 1. The minimum absolute atomic E-state index is 0.134. The van der Waals surface area contributed by atoms with Crippen LogP contribution in [-0.4, -0.2) is 18.1 Å². The fourth-order valence-electron chi connectivity index (χ4n) is 2.97. The summed E-state index contributed by atoms with van der Waals surface area (Å²) in [7, 11) is 0. The molecule has 4 nitrogen and oxygen atoms in total. The second-order valence-corrected chi connectivity index (χ2v) is 5.63. The first kappa shape index (κ1) is 14.9.